The van der Waals surface area contributed by atoms with Gasteiger partial charge in [0.2, 0.25) is 0 Å². The van der Waals surface area contributed by atoms with E-state index in [1.807, 2.05) is 58.2 Å². The average Bonchev–Trinajstić information content (AvgIpc) is 3.12. The lowest BCUT2D eigenvalue weighted by atomic mass is 10.0. The normalized spacial score (nSPS) is 22.4. The van der Waals surface area contributed by atoms with Gasteiger partial charge in [0.1, 0.15) is 22.4 Å². The molecule has 0 unspecified atom stereocenters. The summed E-state index contributed by atoms with van der Waals surface area (Å²) in [5.41, 5.74) is -0.198. The molecule has 0 bridgehead atoms. The summed E-state index contributed by atoms with van der Waals surface area (Å²) in [5.74, 6) is 0. The molecule has 1 aliphatic rings. The quantitative estimate of drug-likeness (QED) is 0.774. The van der Waals surface area contributed by atoms with Gasteiger partial charge in [0, 0.05) is 11.6 Å². The maximum absolute atomic E-state index is 13.0. The molecule has 2 atom stereocenters. The minimum Gasteiger partial charge on any atom is -0.444 e. The van der Waals surface area contributed by atoms with Crippen LogP contribution in [0.4, 0.5) is 4.79 Å². The van der Waals surface area contributed by atoms with Crippen molar-refractivity contribution in [2.24, 2.45) is 0 Å². The molecule has 0 N–H and O–H groups in total. The summed E-state index contributed by atoms with van der Waals surface area (Å²) in [6, 6.07) is 9.95. The van der Waals surface area contributed by atoms with Crippen LogP contribution in [-0.4, -0.2) is 33.3 Å². The first-order valence-electron chi connectivity index (χ1n) is 8.81. The zero-order valence-corrected chi connectivity index (χ0v) is 16.7. The van der Waals surface area contributed by atoms with Crippen LogP contribution in [0, 0.1) is 0 Å². The lowest BCUT2D eigenvalue weighted by Crippen LogP contribution is -2.50. The topological polar surface area (TPSA) is 51.7 Å². The van der Waals surface area contributed by atoms with E-state index < -0.39 is 11.3 Å². The average molecular weight is 375 g/mol. The van der Waals surface area contributed by atoms with Crippen LogP contribution in [0.1, 0.15) is 51.3 Å². The third-order valence-electron chi connectivity index (χ3n) is 4.25. The molecular weight excluding hydrogens is 348 g/mol. The van der Waals surface area contributed by atoms with Gasteiger partial charge in [-0.3, -0.25) is 4.90 Å². The van der Waals surface area contributed by atoms with Gasteiger partial charge < -0.3 is 9.47 Å². The van der Waals surface area contributed by atoms with E-state index in [1.165, 1.54) is 0 Å². The second-order valence-corrected chi connectivity index (χ2v) is 8.89. The molecule has 1 aromatic heterocycles. The Morgan fingerprint density at radius 1 is 1.31 bits per heavy atom. The van der Waals surface area contributed by atoms with Crippen molar-refractivity contribution in [3.8, 4) is 0 Å². The second-order valence-electron chi connectivity index (χ2n) is 7.96. The Bertz CT molecular complexity index is 738. The van der Waals surface area contributed by atoms with Gasteiger partial charge in [-0.25, -0.2) is 9.78 Å². The fourth-order valence-electron chi connectivity index (χ4n) is 3.29. The number of carbonyl (C=O) groups excluding carboxylic acids is 1. The summed E-state index contributed by atoms with van der Waals surface area (Å²) in [6.45, 7) is 9.43. The number of thiazole rings is 1. The summed E-state index contributed by atoms with van der Waals surface area (Å²) >= 11 is 1.55. The van der Waals surface area contributed by atoms with E-state index in [0.717, 1.165) is 10.6 Å². The largest absolute Gasteiger partial charge is 0.444 e. The molecule has 2 heterocycles. The van der Waals surface area contributed by atoms with Gasteiger partial charge in [0.05, 0.1) is 6.04 Å². The molecular formula is C20H26N2O3S. The number of amides is 1. The molecule has 1 amide bonds. The highest BCUT2D eigenvalue weighted by atomic mass is 32.1. The lowest BCUT2D eigenvalue weighted by Gasteiger charge is -2.35. The first-order chi connectivity index (χ1) is 12.2. The fourth-order valence-corrected chi connectivity index (χ4v) is 4.01. The molecule has 26 heavy (non-hydrogen) atoms. The fraction of sp³-hybridized carbons (Fsp3) is 0.500. The Hall–Kier alpha value is -1.92. The van der Waals surface area contributed by atoms with Gasteiger partial charge in [-0.1, -0.05) is 30.3 Å². The van der Waals surface area contributed by atoms with Crippen LogP contribution in [0.15, 0.2) is 41.9 Å². The highest BCUT2D eigenvalue weighted by Gasteiger charge is 2.52. The van der Waals surface area contributed by atoms with Gasteiger partial charge >= 0.3 is 6.09 Å². The number of rotatable bonds is 3. The van der Waals surface area contributed by atoms with E-state index >= 15 is 0 Å². The number of hydrogen-bond donors (Lipinski definition) is 0. The SMILES string of the molecule is CC(C)(C)OC(=O)N1[C@@H](Cc2ccccc2)[C@H](c2nccs2)OC1(C)C. The summed E-state index contributed by atoms with van der Waals surface area (Å²) in [5, 5.41) is 2.81. The number of hydrogen-bond acceptors (Lipinski definition) is 5. The Balaban J connectivity index is 1.96. The van der Waals surface area contributed by atoms with Crippen molar-refractivity contribution >= 4 is 17.4 Å². The lowest BCUT2D eigenvalue weighted by molar-refractivity contribution is -0.0796. The van der Waals surface area contributed by atoms with E-state index in [9.17, 15) is 4.79 Å². The van der Waals surface area contributed by atoms with Crippen molar-refractivity contribution in [1.29, 1.82) is 0 Å². The van der Waals surface area contributed by atoms with E-state index in [1.54, 1.807) is 22.4 Å². The second kappa shape index (κ2) is 7.00. The Morgan fingerprint density at radius 2 is 2.00 bits per heavy atom. The van der Waals surface area contributed by atoms with Crippen molar-refractivity contribution in [1.82, 2.24) is 9.88 Å². The highest BCUT2D eigenvalue weighted by molar-refractivity contribution is 7.09. The summed E-state index contributed by atoms with van der Waals surface area (Å²) in [6.07, 6.45) is 1.81. The highest BCUT2D eigenvalue weighted by Crippen LogP contribution is 2.43. The Labute approximate surface area is 159 Å². The molecule has 140 valence electrons. The predicted octanol–water partition coefficient (Wildman–Crippen LogP) is 4.80. The Kier molecular flexibility index (Phi) is 5.08. The molecule has 0 radical (unpaired) electrons. The maximum atomic E-state index is 13.0. The molecule has 0 aliphatic carbocycles. The molecule has 6 heteroatoms. The van der Waals surface area contributed by atoms with Gasteiger partial charge in [-0.05, 0) is 46.6 Å². The van der Waals surface area contributed by atoms with Crippen molar-refractivity contribution < 1.29 is 14.3 Å². The van der Waals surface area contributed by atoms with Crippen LogP contribution in [0.5, 0.6) is 0 Å². The zero-order chi connectivity index (χ0) is 18.9. The van der Waals surface area contributed by atoms with Gasteiger partial charge in [-0.15, -0.1) is 11.3 Å². The number of benzene rings is 1. The minimum atomic E-state index is -0.780. The molecule has 1 saturated heterocycles. The smallest absolute Gasteiger partial charge is 0.412 e. The third-order valence-corrected chi connectivity index (χ3v) is 5.09. The minimum absolute atomic E-state index is 0.187. The zero-order valence-electron chi connectivity index (χ0n) is 15.9. The third kappa shape index (κ3) is 4.07. The molecule has 1 aromatic carbocycles. The molecule has 3 rings (SSSR count). The van der Waals surface area contributed by atoms with Crippen LogP contribution in [0.25, 0.3) is 0 Å². The van der Waals surface area contributed by atoms with Gasteiger partial charge in [0.15, 0.2) is 0 Å². The van der Waals surface area contributed by atoms with Crippen molar-refractivity contribution in [3.63, 3.8) is 0 Å². The van der Waals surface area contributed by atoms with E-state index in [-0.39, 0.29) is 18.2 Å². The molecule has 0 spiro atoms. The Morgan fingerprint density at radius 3 is 2.58 bits per heavy atom. The van der Waals surface area contributed by atoms with E-state index in [0.29, 0.717) is 6.42 Å². The van der Waals surface area contributed by atoms with Gasteiger partial charge in [0.25, 0.3) is 0 Å². The van der Waals surface area contributed by atoms with Crippen LogP contribution in [-0.2, 0) is 15.9 Å². The monoisotopic (exact) mass is 374 g/mol. The molecule has 0 saturated carbocycles. The van der Waals surface area contributed by atoms with Gasteiger partial charge in [-0.2, -0.15) is 0 Å². The number of ether oxygens (including phenoxy) is 2. The van der Waals surface area contributed by atoms with E-state index in [4.69, 9.17) is 9.47 Å². The molecule has 1 aliphatic heterocycles. The molecule has 1 fully saturated rings. The first kappa shape index (κ1) is 18.9. The van der Waals surface area contributed by atoms with Crippen molar-refractivity contribution in [2.45, 2.75) is 64.5 Å². The van der Waals surface area contributed by atoms with Crippen molar-refractivity contribution in [3.05, 3.63) is 52.5 Å². The number of nitrogens with zero attached hydrogens (tertiary/aromatic N) is 2. The van der Waals surface area contributed by atoms with E-state index in [2.05, 4.69) is 17.1 Å². The summed E-state index contributed by atoms with van der Waals surface area (Å²) < 4.78 is 12.0. The molecule has 2 aromatic rings. The molecule has 5 nitrogen and oxygen atoms in total. The van der Waals surface area contributed by atoms with Crippen LogP contribution >= 0.6 is 11.3 Å². The summed E-state index contributed by atoms with van der Waals surface area (Å²) in [7, 11) is 0. The van der Waals surface area contributed by atoms with Crippen LogP contribution in [0.3, 0.4) is 0 Å². The summed E-state index contributed by atoms with van der Waals surface area (Å²) in [4.78, 5) is 19.2. The van der Waals surface area contributed by atoms with Crippen LogP contribution < -0.4 is 0 Å². The maximum Gasteiger partial charge on any atom is 0.412 e. The van der Waals surface area contributed by atoms with Crippen LogP contribution in [0.2, 0.25) is 0 Å². The first-order valence-corrected chi connectivity index (χ1v) is 9.69. The number of carbonyl (C=O) groups is 1. The number of aromatic nitrogens is 1. The standard InChI is InChI=1S/C20H26N2O3S/c1-19(2,3)25-18(23)22-15(13-14-9-7-6-8-10-14)16(24-20(22,4)5)17-21-11-12-26-17/h6-12,15-16H,13H2,1-5H3/t15-,16+/m0/s1. The van der Waals surface area contributed by atoms with Crippen molar-refractivity contribution in [2.75, 3.05) is 0 Å². The predicted molar refractivity (Wildman–Crippen MR) is 102 cm³/mol.